The molecule has 5 aliphatic rings. The highest BCUT2D eigenvalue weighted by atomic mass is 19.4. The number of hydrogen-bond donors (Lipinski definition) is 2. The van der Waals surface area contributed by atoms with E-state index in [1.54, 1.807) is 11.8 Å². The van der Waals surface area contributed by atoms with Crippen LogP contribution in [0.15, 0.2) is 6.07 Å². The van der Waals surface area contributed by atoms with Gasteiger partial charge in [-0.3, -0.25) is 4.90 Å². The number of alkyl halides is 5. The highest BCUT2D eigenvalue weighted by Gasteiger charge is 2.53. The number of nitrogens with zero attached hydrogens (tertiary/aromatic N) is 5. The maximum atomic E-state index is 16.8. The minimum atomic E-state index is -5.08. The second kappa shape index (κ2) is 10.9. The normalized spacial score (nSPS) is 29.7. The molecule has 3 aromatic rings. The Bertz CT molecular complexity index is 1810. The van der Waals surface area contributed by atoms with E-state index in [2.05, 4.69) is 15.3 Å². The maximum Gasteiger partial charge on any atom is 0.417 e. The van der Waals surface area contributed by atoms with E-state index in [-0.39, 0.29) is 53.3 Å². The lowest BCUT2D eigenvalue weighted by Crippen LogP contribution is -2.62. The molecular weight excluding hydrogens is 647 g/mol. The van der Waals surface area contributed by atoms with Crippen LogP contribution in [-0.4, -0.2) is 81.8 Å². The average molecular weight is 682 g/mol. The fourth-order valence-electron chi connectivity index (χ4n) is 8.91. The van der Waals surface area contributed by atoms with Gasteiger partial charge in [0.1, 0.15) is 40.9 Å². The minimum Gasteiger partial charge on any atom is -0.472 e. The molecular formula is C32H34F7N7O2. The third-order valence-electron chi connectivity index (χ3n) is 11.0. The standard InChI is InChI=1S/C32H34F7N7O2/c1-13-21(32(37,38)39)16(10-17(40)22(13)33)24-23(34)25-20-28(45-11-15-4-5-18(41-15)26(45)14(2)48-29(20)42-24)44-30(43-25)47-12-31-7-3-9-46(31)19(6-8-31)27(35)36/h10,14-15,18-19,26-27,41H,3-9,11-12,40H2,1-2H3/t14-,15+,18-,19-,26+,31-/m0/s1. The van der Waals surface area contributed by atoms with Crippen molar-refractivity contribution < 1.29 is 40.2 Å². The van der Waals surface area contributed by atoms with Gasteiger partial charge in [0.2, 0.25) is 5.88 Å². The van der Waals surface area contributed by atoms with E-state index in [0.29, 0.717) is 44.8 Å². The van der Waals surface area contributed by atoms with Crippen LogP contribution >= 0.6 is 0 Å². The number of ether oxygens (including phenoxy) is 2. The van der Waals surface area contributed by atoms with Gasteiger partial charge in [-0.1, -0.05) is 0 Å². The highest BCUT2D eigenvalue weighted by Crippen LogP contribution is 2.48. The number of nitrogen functional groups attached to an aromatic ring is 1. The Morgan fingerprint density at radius 3 is 2.67 bits per heavy atom. The molecule has 258 valence electrons. The summed E-state index contributed by atoms with van der Waals surface area (Å²) in [4.78, 5) is 17.2. The molecule has 6 atom stereocenters. The Balaban J connectivity index is 1.31. The molecule has 0 spiro atoms. The molecule has 1 aromatic carbocycles. The number of nitrogens with one attached hydrogen (secondary N) is 1. The van der Waals surface area contributed by atoms with Gasteiger partial charge in [0, 0.05) is 24.2 Å². The van der Waals surface area contributed by atoms with Crippen LogP contribution in [-0.2, 0) is 6.18 Å². The summed E-state index contributed by atoms with van der Waals surface area (Å²) in [5.41, 5.74) is 0.343. The first kappa shape index (κ1) is 31.6. The van der Waals surface area contributed by atoms with Crippen LogP contribution < -0.4 is 25.4 Å². The van der Waals surface area contributed by atoms with Crippen molar-refractivity contribution in [3.63, 3.8) is 0 Å². The van der Waals surface area contributed by atoms with Crippen molar-refractivity contribution in [1.29, 1.82) is 0 Å². The molecule has 48 heavy (non-hydrogen) atoms. The molecule has 0 saturated carbocycles. The lowest BCUT2D eigenvalue weighted by Gasteiger charge is -2.42. The van der Waals surface area contributed by atoms with Crippen molar-refractivity contribution in [2.24, 2.45) is 0 Å². The summed E-state index contributed by atoms with van der Waals surface area (Å²) < 4.78 is 115. The van der Waals surface area contributed by atoms with E-state index >= 15 is 4.39 Å². The van der Waals surface area contributed by atoms with Gasteiger partial charge in [0.05, 0.1) is 28.9 Å². The predicted octanol–water partition coefficient (Wildman–Crippen LogP) is 5.61. The van der Waals surface area contributed by atoms with Gasteiger partial charge in [0.25, 0.3) is 6.43 Å². The summed E-state index contributed by atoms with van der Waals surface area (Å²) in [6, 6.07) is -0.617. The highest BCUT2D eigenvalue weighted by molar-refractivity contribution is 5.97. The van der Waals surface area contributed by atoms with E-state index in [1.165, 1.54) is 0 Å². The minimum absolute atomic E-state index is 0.0150. The molecule has 0 amide bonds. The molecule has 16 heteroatoms. The number of piperazine rings is 1. The molecule has 3 N–H and O–H groups in total. The number of nitrogens with two attached hydrogens (primary N) is 1. The van der Waals surface area contributed by atoms with Crippen molar-refractivity contribution in [2.75, 3.05) is 30.3 Å². The number of pyridine rings is 1. The van der Waals surface area contributed by atoms with Gasteiger partial charge < -0.3 is 25.4 Å². The number of hydrogen-bond acceptors (Lipinski definition) is 9. The van der Waals surface area contributed by atoms with E-state index in [9.17, 15) is 26.3 Å². The third kappa shape index (κ3) is 4.68. The van der Waals surface area contributed by atoms with Crippen LogP contribution in [0.1, 0.15) is 56.6 Å². The monoisotopic (exact) mass is 681 g/mol. The van der Waals surface area contributed by atoms with Gasteiger partial charge in [0.15, 0.2) is 5.82 Å². The first-order valence-electron chi connectivity index (χ1n) is 16.2. The zero-order valence-electron chi connectivity index (χ0n) is 26.2. The zero-order chi connectivity index (χ0) is 33.9. The van der Waals surface area contributed by atoms with Gasteiger partial charge in [-0.2, -0.15) is 23.1 Å². The molecule has 0 unspecified atom stereocenters. The van der Waals surface area contributed by atoms with Gasteiger partial charge in [-0.25, -0.2) is 22.5 Å². The third-order valence-corrected chi connectivity index (χ3v) is 11.0. The summed E-state index contributed by atoms with van der Waals surface area (Å²) in [6.45, 7) is 3.69. The van der Waals surface area contributed by atoms with Crippen molar-refractivity contribution in [1.82, 2.24) is 25.2 Å². The topological polar surface area (TPSA) is 102 Å². The summed E-state index contributed by atoms with van der Waals surface area (Å²) in [7, 11) is 0. The summed E-state index contributed by atoms with van der Waals surface area (Å²) >= 11 is 0. The molecule has 7 heterocycles. The van der Waals surface area contributed by atoms with Crippen LogP contribution in [0.5, 0.6) is 11.9 Å². The van der Waals surface area contributed by atoms with E-state index in [4.69, 9.17) is 20.2 Å². The van der Waals surface area contributed by atoms with Crippen LogP contribution in [0.2, 0.25) is 0 Å². The Hall–Kier alpha value is -3.66. The second-order valence-corrected chi connectivity index (χ2v) is 13.7. The number of anilines is 2. The van der Waals surface area contributed by atoms with Gasteiger partial charge in [-0.15, -0.1) is 0 Å². The number of benzene rings is 1. The molecule has 4 fully saturated rings. The molecule has 2 bridgehead atoms. The Morgan fingerprint density at radius 2 is 1.92 bits per heavy atom. The number of rotatable bonds is 5. The molecule has 0 radical (unpaired) electrons. The smallest absolute Gasteiger partial charge is 0.417 e. The SMILES string of the molecule is Cc1c(F)c(N)cc(-c2nc3c4c(nc(OC[C@@]56CCCN5[C@H](C(F)F)CC6)nc4c2F)N2C[C@H]4CC[C@H](N4)[C@H]2[C@H](C)O3)c1C(F)(F)F. The Morgan fingerprint density at radius 1 is 1.12 bits per heavy atom. The zero-order valence-corrected chi connectivity index (χ0v) is 26.2. The second-order valence-electron chi connectivity index (χ2n) is 13.7. The molecule has 5 aliphatic heterocycles. The molecule has 2 aromatic heterocycles. The van der Waals surface area contributed by atoms with Crippen molar-refractivity contribution >= 4 is 22.4 Å². The average Bonchev–Trinajstić information content (AvgIpc) is 3.69. The Kier molecular flexibility index (Phi) is 7.19. The summed E-state index contributed by atoms with van der Waals surface area (Å²) in [5, 5.41) is 3.65. The van der Waals surface area contributed by atoms with Gasteiger partial charge >= 0.3 is 12.2 Å². The van der Waals surface area contributed by atoms with Crippen LogP contribution in [0.3, 0.4) is 0 Å². The number of aromatic nitrogens is 3. The largest absolute Gasteiger partial charge is 0.472 e. The van der Waals surface area contributed by atoms with Crippen molar-refractivity contribution in [2.45, 2.75) is 101 Å². The maximum absolute atomic E-state index is 16.8. The fourth-order valence-corrected chi connectivity index (χ4v) is 8.91. The van der Waals surface area contributed by atoms with Crippen LogP contribution in [0.4, 0.5) is 42.2 Å². The lowest BCUT2D eigenvalue weighted by atomic mass is 9.95. The van der Waals surface area contributed by atoms with Crippen LogP contribution in [0, 0.1) is 18.6 Å². The van der Waals surface area contributed by atoms with E-state index in [0.717, 1.165) is 19.8 Å². The molecule has 0 aliphatic carbocycles. The van der Waals surface area contributed by atoms with E-state index < -0.39 is 70.0 Å². The Labute approximate surface area is 271 Å². The quantitative estimate of drug-likeness (QED) is 0.263. The fraction of sp³-hybridized carbons (Fsp3) is 0.594. The first-order chi connectivity index (χ1) is 22.8. The summed E-state index contributed by atoms with van der Waals surface area (Å²) in [5.74, 6) is -2.40. The molecule has 9 nitrogen and oxygen atoms in total. The molecule has 8 rings (SSSR count). The van der Waals surface area contributed by atoms with Crippen molar-refractivity contribution in [3.8, 4) is 23.1 Å². The number of halogens is 7. The predicted molar refractivity (Wildman–Crippen MR) is 161 cm³/mol. The molecule has 4 saturated heterocycles. The van der Waals surface area contributed by atoms with Crippen LogP contribution in [0.25, 0.3) is 22.2 Å². The van der Waals surface area contributed by atoms with Gasteiger partial charge in [-0.05, 0) is 70.5 Å². The lowest BCUT2D eigenvalue weighted by molar-refractivity contribution is -0.137. The van der Waals surface area contributed by atoms with E-state index in [1.807, 2.05) is 4.90 Å². The summed E-state index contributed by atoms with van der Waals surface area (Å²) in [6.07, 6.45) is -4.29. The first-order valence-corrected chi connectivity index (χ1v) is 16.2. The van der Waals surface area contributed by atoms with Crippen molar-refractivity contribution in [3.05, 3.63) is 28.8 Å². The number of fused-ring (bicyclic) bond motifs is 6.